The van der Waals surface area contributed by atoms with Gasteiger partial charge in [0.2, 0.25) is 0 Å². The molecule has 0 aliphatic carbocycles. The number of primary amides is 1. The summed E-state index contributed by atoms with van der Waals surface area (Å²) in [5.41, 5.74) is 5.48. The quantitative estimate of drug-likeness (QED) is 0.787. The van der Waals surface area contributed by atoms with Gasteiger partial charge in [0.15, 0.2) is 14.9 Å². The van der Waals surface area contributed by atoms with Gasteiger partial charge in [-0.15, -0.1) is 0 Å². The number of nitrogens with two attached hydrogens (primary N) is 1. The molecule has 0 spiro atoms. The molecule has 2 aromatic heterocycles. The highest BCUT2D eigenvalue weighted by Crippen LogP contribution is 2.19. The molecule has 0 aromatic carbocycles. The van der Waals surface area contributed by atoms with E-state index in [4.69, 9.17) is 5.73 Å². The van der Waals surface area contributed by atoms with E-state index < -0.39 is 15.7 Å². The van der Waals surface area contributed by atoms with Gasteiger partial charge in [-0.2, -0.15) is 5.10 Å². The number of amides is 1. The third kappa shape index (κ3) is 1.54. The third-order valence-corrected chi connectivity index (χ3v) is 3.09. The number of fused-ring (bicyclic) bond motifs is 1. The summed E-state index contributed by atoms with van der Waals surface area (Å²) in [4.78, 5) is 11.2. The monoisotopic (exact) mass is 239 g/mol. The second-order valence-corrected chi connectivity index (χ2v) is 5.28. The van der Waals surface area contributed by atoms with E-state index in [9.17, 15) is 13.2 Å². The fourth-order valence-electron chi connectivity index (χ4n) is 1.47. The van der Waals surface area contributed by atoms with Crippen molar-refractivity contribution in [2.75, 3.05) is 6.26 Å². The fourth-order valence-corrected chi connectivity index (χ4v) is 2.28. The Hall–Kier alpha value is -1.89. The largest absolute Gasteiger partial charge is 0.365 e. The molecule has 84 valence electrons. The average Bonchev–Trinajstić information content (AvgIpc) is 2.55. The van der Waals surface area contributed by atoms with E-state index in [0.717, 1.165) is 6.26 Å². The van der Waals surface area contributed by atoms with Crippen molar-refractivity contribution in [3.63, 3.8) is 0 Å². The Bertz CT molecular complexity index is 672. The van der Waals surface area contributed by atoms with Crippen LogP contribution in [0, 0.1) is 0 Å². The summed E-state index contributed by atoms with van der Waals surface area (Å²) in [5.74, 6) is -0.804. The lowest BCUT2D eigenvalue weighted by atomic mass is 10.2. The Morgan fingerprint density at radius 3 is 2.69 bits per heavy atom. The maximum absolute atomic E-state index is 11.4. The minimum absolute atomic E-state index is 0.0666. The molecule has 0 saturated carbocycles. The van der Waals surface area contributed by atoms with Crippen molar-refractivity contribution in [2.45, 2.75) is 5.03 Å². The molecule has 2 aromatic rings. The number of sulfone groups is 1. The van der Waals surface area contributed by atoms with Crippen molar-refractivity contribution in [1.29, 1.82) is 0 Å². The highest BCUT2D eigenvalue weighted by atomic mass is 32.2. The van der Waals surface area contributed by atoms with E-state index in [1.165, 1.54) is 4.52 Å². The number of nitrogens with zero attached hydrogens (tertiary/aromatic N) is 2. The molecule has 2 N–H and O–H groups in total. The number of hydrogen-bond donors (Lipinski definition) is 1. The van der Waals surface area contributed by atoms with E-state index >= 15 is 0 Å². The SMILES string of the molecule is CS(=O)(=O)c1nn2ccccc2c1C(N)=O. The molecule has 1 amide bonds. The van der Waals surface area contributed by atoms with Crippen LogP contribution in [0.4, 0.5) is 0 Å². The molecule has 6 nitrogen and oxygen atoms in total. The van der Waals surface area contributed by atoms with E-state index in [1.807, 2.05) is 0 Å². The van der Waals surface area contributed by atoms with Crippen LogP contribution in [0.3, 0.4) is 0 Å². The molecule has 0 radical (unpaired) electrons. The second-order valence-electron chi connectivity index (χ2n) is 3.35. The van der Waals surface area contributed by atoms with E-state index in [0.29, 0.717) is 5.52 Å². The predicted molar refractivity (Wildman–Crippen MR) is 56.8 cm³/mol. The molecule has 0 fully saturated rings. The molecule has 0 unspecified atom stereocenters. The molecule has 2 rings (SSSR count). The van der Waals surface area contributed by atoms with Crippen LogP contribution >= 0.6 is 0 Å². The van der Waals surface area contributed by atoms with Crippen LogP contribution < -0.4 is 5.73 Å². The fraction of sp³-hybridized carbons (Fsp3) is 0.111. The first-order valence-electron chi connectivity index (χ1n) is 4.38. The number of carbonyl (C=O) groups is 1. The lowest BCUT2D eigenvalue weighted by Gasteiger charge is -1.95. The molecule has 0 bridgehead atoms. The Balaban J connectivity index is 2.95. The van der Waals surface area contributed by atoms with Gasteiger partial charge in [0.1, 0.15) is 5.56 Å². The van der Waals surface area contributed by atoms with Crippen molar-refractivity contribution < 1.29 is 13.2 Å². The van der Waals surface area contributed by atoms with Gasteiger partial charge in [-0.05, 0) is 12.1 Å². The van der Waals surface area contributed by atoms with E-state index in [2.05, 4.69) is 5.10 Å². The van der Waals surface area contributed by atoms with Crippen LogP contribution in [0.2, 0.25) is 0 Å². The van der Waals surface area contributed by atoms with E-state index in [-0.39, 0.29) is 10.6 Å². The zero-order chi connectivity index (χ0) is 11.9. The van der Waals surface area contributed by atoms with Crippen LogP contribution in [-0.4, -0.2) is 30.2 Å². The second kappa shape index (κ2) is 3.31. The summed E-state index contributed by atoms with van der Waals surface area (Å²) in [6.45, 7) is 0. The summed E-state index contributed by atoms with van der Waals surface area (Å²) in [7, 11) is -3.57. The Kier molecular flexibility index (Phi) is 2.20. The summed E-state index contributed by atoms with van der Waals surface area (Å²) in [6.07, 6.45) is 2.54. The van der Waals surface area contributed by atoms with Crippen LogP contribution in [0.25, 0.3) is 5.52 Å². The lowest BCUT2D eigenvalue weighted by Crippen LogP contribution is -2.14. The summed E-state index contributed by atoms with van der Waals surface area (Å²) < 4.78 is 24.2. The highest BCUT2D eigenvalue weighted by molar-refractivity contribution is 7.90. The summed E-state index contributed by atoms with van der Waals surface area (Å²) in [5, 5.41) is 3.55. The Labute approximate surface area is 91.6 Å². The Morgan fingerprint density at radius 1 is 1.44 bits per heavy atom. The minimum Gasteiger partial charge on any atom is -0.365 e. The van der Waals surface area contributed by atoms with Crippen LogP contribution in [-0.2, 0) is 9.84 Å². The van der Waals surface area contributed by atoms with Crippen molar-refractivity contribution in [3.8, 4) is 0 Å². The van der Waals surface area contributed by atoms with Gasteiger partial charge < -0.3 is 5.73 Å². The zero-order valence-electron chi connectivity index (χ0n) is 8.41. The number of rotatable bonds is 2. The lowest BCUT2D eigenvalue weighted by molar-refractivity contribution is 0.0998. The molecule has 16 heavy (non-hydrogen) atoms. The number of carbonyl (C=O) groups excluding carboxylic acids is 1. The van der Waals surface area contributed by atoms with Crippen molar-refractivity contribution in [1.82, 2.24) is 9.61 Å². The van der Waals surface area contributed by atoms with Gasteiger partial charge in [-0.25, -0.2) is 12.9 Å². The van der Waals surface area contributed by atoms with Gasteiger partial charge in [-0.1, -0.05) is 6.07 Å². The maximum Gasteiger partial charge on any atom is 0.253 e. The maximum atomic E-state index is 11.4. The van der Waals surface area contributed by atoms with Crippen molar-refractivity contribution in [3.05, 3.63) is 30.0 Å². The standard InChI is InChI=1S/C9H9N3O3S/c1-16(14,15)9-7(8(10)13)6-4-2-3-5-12(6)11-9/h2-5H,1H3,(H2,10,13). The predicted octanol–water partition coefficient (Wildman–Crippen LogP) is -0.163. The molecule has 2 heterocycles. The van der Waals surface area contributed by atoms with Gasteiger partial charge in [-0.3, -0.25) is 4.79 Å². The minimum atomic E-state index is -3.57. The highest BCUT2D eigenvalue weighted by Gasteiger charge is 2.24. The van der Waals surface area contributed by atoms with Gasteiger partial charge >= 0.3 is 0 Å². The molecule has 0 aliphatic heterocycles. The van der Waals surface area contributed by atoms with Crippen LogP contribution in [0.15, 0.2) is 29.4 Å². The molecule has 7 heteroatoms. The molecular formula is C9H9N3O3S. The van der Waals surface area contributed by atoms with Crippen molar-refractivity contribution in [2.24, 2.45) is 5.73 Å². The molecule has 0 aliphatic rings. The molecule has 0 saturated heterocycles. The van der Waals surface area contributed by atoms with E-state index in [1.54, 1.807) is 24.4 Å². The summed E-state index contributed by atoms with van der Waals surface area (Å²) >= 11 is 0. The van der Waals surface area contributed by atoms with Gasteiger partial charge in [0.05, 0.1) is 5.52 Å². The van der Waals surface area contributed by atoms with Gasteiger partial charge in [0, 0.05) is 12.5 Å². The number of hydrogen-bond acceptors (Lipinski definition) is 4. The molecular weight excluding hydrogens is 230 g/mol. The number of pyridine rings is 1. The smallest absolute Gasteiger partial charge is 0.253 e. The van der Waals surface area contributed by atoms with Crippen LogP contribution in [0.5, 0.6) is 0 Å². The first kappa shape index (κ1) is 10.6. The van der Waals surface area contributed by atoms with Gasteiger partial charge in [0.25, 0.3) is 5.91 Å². The first-order chi connectivity index (χ1) is 7.41. The topological polar surface area (TPSA) is 94.5 Å². The third-order valence-electron chi connectivity index (χ3n) is 2.11. The molecule has 0 atom stereocenters. The summed E-state index contributed by atoms with van der Waals surface area (Å²) in [6, 6.07) is 4.94. The van der Waals surface area contributed by atoms with Crippen molar-refractivity contribution >= 4 is 21.3 Å². The Morgan fingerprint density at radius 2 is 2.12 bits per heavy atom. The average molecular weight is 239 g/mol. The first-order valence-corrected chi connectivity index (χ1v) is 6.27. The van der Waals surface area contributed by atoms with Crippen LogP contribution in [0.1, 0.15) is 10.4 Å². The number of aromatic nitrogens is 2. The zero-order valence-corrected chi connectivity index (χ0v) is 9.23. The normalized spacial score (nSPS) is 11.8.